The number of halogens is 1. The Labute approximate surface area is 229 Å². The highest BCUT2D eigenvalue weighted by Gasteiger charge is 2.70. The van der Waals surface area contributed by atoms with E-state index in [0.717, 1.165) is 22.0 Å². The van der Waals surface area contributed by atoms with Crippen LogP contribution in [0.5, 0.6) is 5.75 Å². The van der Waals surface area contributed by atoms with Gasteiger partial charge in [0.25, 0.3) is 0 Å². The van der Waals surface area contributed by atoms with E-state index in [9.17, 15) is 14.4 Å². The number of carbonyl (C=O) groups is 3. The first-order chi connectivity index (χ1) is 18.8. The lowest BCUT2D eigenvalue weighted by Gasteiger charge is -2.29. The number of imide groups is 1. The molecule has 3 aliphatic heterocycles. The van der Waals surface area contributed by atoms with Crippen molar-refractivity contribution in [3.8, 4) is 5.75 Å². The molecule has 4 unspecified atom stereocenters. The highest BCUT2D eigenvalue weighted by Crippen LogP contribution is 2.55. The second-order valence-electron chi connectivity index (χ2n) is 10.4. The number of anilines is 2. The Hall–Kier alpha value is -4.14. The lowest BCUT2D eigenvalue weighted by molar-refractivity contribution is -0.130. The number of aryl methyl sites for hydroxylation is 1. The maximum absolute atomic E-state index is 14.2. The zero-order valence-corrected chi connectivity index (χ0v) is 22.0. The normalized spacial score (nSPS) is 25.5. The summed E-state index contributed by atoms with van der Waals surface area (Å²) in [6.45, 7) is 1.87. The molecule has 196 valence electrons. The van der Waals surface area contributed by atoms with Crippen molar-refractivity contribution in [1.29, 1.82) is 0 Å². The van der Waals surface area contributed by atoms with Crippen LogP contribution in [0.15, 0.2) is 66.9 Å². The van der Waals surface area contributed by atoms with E-state index in [4.69, 9.17) is 16.3 Å². The summed E-state index contributed by atoms with van der Waals surface area (Å²) in [5.74, 6) is -2.18. The van der Waals surface area contributed by atoms with Gasteiger partial charge in [0.15, 0.2) is 0 Å². The number of ether oxygens (including phenoxy) is 1. The fraction of sp³-hybridized carbons (Fsp3) is 0.233. The largest absolute Gasteiger partial charge is 0.497 e. The van der Waals surface area contributed by atoms with Crippen molar-refractivity contribution in [2.45, 2.75) is 24.9 Å². The maximum Gasteiger partial charge on any atom is 0.250 e. The summed E-state index contributed by atoms with van der Waals surface area (Å²) in [4.78, 5) is 46.7. The molecule has 7 rings (SSSR count). The number of methoxy groups -OCH3 is 1. The Morgan fingerprint density at radius 2 is 1.79 bits per heavy atom. The number of benzene rings is 3. The molecule has 1 spiro atoms. The second-order valence-corrected chi connectivity index (χ2v) is 10.9. The van der Waals surface area contributed by atoms with Crippen molar-refractivity contribution in [1.82, 2.24) is 10.3 Å². The monoisotopic (exact) mass is 540 g/mol. The number of nitrogens with zero attached hydrogens (tertiary/aromatic N) is 1. The van der Waals surface area contributed by atoms with Crippen LogP contribution in [0.25, 0.3) is 10.9 Å². The molecular weight excluding hydrogens is 516 g/mol. The first-order valence-corrected chi connectivity index (χ1v) is 13.2. The van der Waals surface area contributed by atoms with Gasteiger partial charge in [0.05, 0.1) is 24.6 Å². The minimum atomic E-state index is -1.43. The van der Waals surface area contributed by atoms with Crippen molar-refractivity contribution in [2.75, 3.05) is 17.3 Å². The maximum atomic E-state index is 14.2. The minimum Gasteiger partial charge on any atom is -0.497 e. The average molecular weight is 541 g/mol. The molecule has 2 fully saturated rings. The van der Waals surface area contributed by atoms with Crippen molar-refractivity contribution in [3.63, 3.8) is 0 Å². The summed E-state index contributed by atoms with van der Waals surface area (Å²) >= 11 is 6.47. The summed E-state index contributed by atoms with van der Waals surface area (Å²) in [6, 6.07) is 17.8. The number of para-hydroxylation sites is 1. The van der Waals surface area contributed by atoms with Crippen LogP contribution in [0.2, 0.25) is 5.02 Å². The van der Waals surface area contributed by atoms with E-state index in [0.29, 0.717) is 34.1 Å². The Morgan fingerprint density at radius 1 is 1.03 bits per heavy atom. The first-order valence-electron chi connectivity index (χ1n) is 12.8. The molecule has 9 heteroatoms. The highest BCUT2D eigenvalue weighted by atomic mass is 35.5. The molecule has 2 saturated heterocycles. The van der Waals surface area contributed by atoms with Gasteiger partial charge in [-0.15, -0.1) is 0 Å². The first kappa shape index (κ1) is 23.9. The SMILES string of the molecule is COc1ccc(N2C(=O)C3C(Cc4c[nH]c5ccccc45)NC4(C(=O)Nc5c(C)cc(Cl)cc54)C3C2=O)cc1. The van der Waals surface area contributed by atoms with Gasteiger partial charge in [-0.25, -0.2) is 4.90 Å². The van der Waals surface area contributed by atoms with Gasteiger partial charge in [0, 0.05) is 39.4 Å². The van der Waals surface area contributed by atoms with Crippen LogP contribution in [0.3, 0.4) is 0 Å². The van der Waals surface area contributed by atoms with E-state index in [1.165, 1.54) is 4.90 Å². The Bertz CT molecular complexity index is 1700. The number of H-pyrrole nitrogens is 1. The van der Waals surface area contributed by atoms with E-state index < -0.39 is 29.3 Å². The predicted molar refractivity (Wildman–Crippen MR) is 148 cm³/mol. The van der Waals surface area contributed by atoms with Gasteiger partial charge in [-0.05, 0) is 66.9 Å². The molecule has 0 radical (unpaired) electrons. The number of fused-ring (bicyclic) bond motifs is 5. The predicted octanol–water partition coefficient (Wildman–Crippen LogP) is 4.31. The van der Waals surface area contributed by atoms with Gasteiger partial charge in [0.2, 0.25) is 17.7 Å². The third-order valence-electron chi connectivity index (χ3n) is 8.43. The Morgan fingerprint density at radius 3 is 2.56 bits per heavy atom. The van der Waals surface area contributed by atoms with E-state index >= 15 is 0 Å². The molecular formula is C30H25ClN4O4. The zero-order valence-electron chi connectivity index (χ0n) is 21.2. The van der Waals surface area contributed by atoms with Crippen LogP contribution in [0, 0.1) is 18.8 Å². The smallest absolute Gasteiger partial charge is 0.250 e. The van der Waals surface area contributed by atoms with E-state index in [2.05, 4.69) is 15.6 Å². The van der Waals surface area contributed by atoms with Gasteiger partial charge >= 0.3 is 0 Å². The van der Waals surface area contributed by atoms with E-state index in [1.54, 1.807) is 43.5 Å². The summed E-state index contributed by atoms with van der Waals surface area (Å²) in [7, 11) is 1.56. The standard InChI is InChI=1S/C30H25ClN4O4/c1-15-11-17(31)13-21-26(15)33-29(38)30(21)25-24(23(34-30)12-16-14-32-22-6-4-3-5-20(16)22)27(36)35(28(25)37)18-7-9-19(39-2)10-8-18/h3-11,13-14,23-25,32,34H,12H2,1-2H3,(H,33,38). The number of aromatic amines is 1. The van der Waals surface area contributed by atoms with E-state index in [-0.39, 0.29) is 11.8 Å². The summed E-state index contributed by atoms with van der Waals surface area (Å²) in [5.41, 5.74) is 3.03. The topological polar surface area (TPSA) is 104 Å². The average Bonchev–Trinajstić information content (AvgIpc) is 3.64. The van der Waals surface area contributed by atoms with Crippen molar-refractivity contribution >= 4 is 51.6 Å². The fourth-order valence-electron chi connectivity index (χ4n) is 6.73. The number of rotatable bonds is 4. The van der Waals surface area contributed by atoms with E-state index in [1.807, 2.05) is 37.4 Å². The molecule has 0 bridgehead atoms. The third kappa shape index (κ3) is 3.25. The molecule has 4 aromatic rings. The molecule has 1 aromatic heterocycles. The number of carbonyl (C=O) groups excluding carboxylic acids is 3. The van der Waals surface area contributed by atoms with Crippen LogP contribution >= 0.6 is 11.6 Å². The van der Waals surface area contributed by atoms with Crippen molar-refractivity contribution < 1.29 is 19.1 Å². The van der Waals surface area contributed by atoms with Crippen LogP contribution in [-0.2, 0) is 26.3 Å². The molecule has 3 aromatic carbocycles. The van der Waals surface area contributed by atoms with Crippen LogP contribution in [0.1, 0.15) is 16.7 Å². The molecule has 3 aliphatic rings. The molecule has 0 saturated carbocycles. The van der Waals surface area contributed by atoms with Gasteiger partial charge < -0.3 is 15.0 Å². The minimum absolute atomic E-state index is 0.329. The van der Waals surface area contributed by atoms with Gasteiger partial charge in [0.1, 0.15) is 11.3 Å². The summed E-state index contributed by atoms with van der Waals surface area (Å²) in [5, 5.41) is 8.00. The lowest BCUT2D eigenvalue weighted by Crippen LogP contribution is -2.53. The number of hydrogen-bond donors (Lipinski definition) is 3. The Kier molecular flexibility index (Phi) is 5.17. The fourth-order valence-corrected chi connectivity index (χ4v) is 7.00. The number of amides is 3. The molecule has 3 N–H and O–H groups in total. The quantitative estimate of drug-likeness (QED) is 0.335. The third-order valence-corrected chi connectivity index (χ3v) is 8.65. The molecule has 3 amide bonds. The molecule has 4 atom stereocenters. The summed E-state index contributed by atoms with van der Waals surface area (Å²) < 4.78 is 5.26. The van der Waals surface area contributed by atoms with Crippen LogP contribution in [0.4, 0.5) is 11.4 Å². The zero-order chi connectivity index (χ0) is 27.1. The van der Waals surface area contributed by atoms with Crippen LogP contribution in [-0.4, -0.2) is 35.9 Å². The number of hydrogen-bond acceptors (Lipinski definition) is 5. The Balaban J connectivity index is 1.38. The van der Waals surface area contributed by atoms with Gasteiger partial charge in [-0.2, -0.15) is 0 Å². The summed E-state index contributed by atoms with van der Waals surface area (Å²) in [6.07, 6.45) is 2.38. The van der Waals surface area contributed by atoms with Gasteiger partial charge in [-0.1, -0.05) is 29.8 Å². The molecule has 4 heterocycles. The second kappa shape index (κ2) is 8.43. The van der Waals surface area contributed by atoms with Crippen molar-refractivity contribution in [2.24, 2.45) is 11.8 Å². The number of aromatic nitrogens is 1. The number of nitrogens with one attached hydrogen (secondary N) is 3. The molecule has 8 nitrogen and oxygen atoms in total. The lowest BCUT2D eigenvalue weighted by atomic mass is 9.76. The van der Waals surface area contributed by atoms with Crippen molar-refractivity contribution in [3.05, 3.63) is 88.6 Å². The molecule has 39 heavy (non-hydrogen) atoms. The molecule has 0 aliphatic carbocycles. The van der Waals surface area contributed by atoms with Gasteiger partial charge in [-0.3, -0.25) is 19.7 Å². The van der Waals surface area contributed by atoms with Crippen LogP contribution < -0.4 is 20.3 Å². The highest BCUT2D eigenvalue weighted by molar-refractivity contribution is 6.31.